The molecule has 154 valence electrons. The van der Waals surface area contributed by atoms with Crippen molar-refractivity contribution in [3.05, 3.63) is 65.2 Å². The Morgan fingerprint density at radius 3 is 2.55 bits per heavy atom. The number of rotatable bonds is 9. The van der Waals surface area contributed by atoms with Gasteiger partial charge in [-0.05, 0) is 33.3 Å². The van der Waals surface area contributed by atoms with Crippen LogP contribution in [0.2, 0.25) is 0 Å². The van der Waals surface area contributed by atoms with Gasteiger partial charge in [0.1, 0.15) is 5.82 Å². The van der Waals surface area contributed by atoms with Gasteiger partial charge in [0, 0.05) is 62.2 Å². The minimum absolute atomic E-state index is 0.0323. The van der Waals surface area contributed by atoms with E-state index >= 15 is 0 Å². The van der Waals surface area contributed by atoms with Gasteiger partial charge in [0.25, 0.3) is 5.91 Å². The number of aryl methyl sites for hydroxylation is 2. The lowest BCUT2D eigenvalue weighted by Crippen LogP contribution is -2.28. The predicted molar refractivity (Wildman–Crippen MR) is 115 cm³/mol. The van der Waals surface area contributed by atoms with E-state index in [0.29, 0.717) is 19.7 Å². The van der Waals surface area contributed by atoms with Crippen LogP contribution in [-0.4, -0.2) is 40.3 Å². The maximum atomic E-state index is 12.8. The number of benzene rings is 1. The van der Waals surface area contributed by atoms with Gasteiger partial charge in [-0.2, -0.15) is 0 Å². The topological polar surface area (TPSA) is 61.1 Å². The second kappa shape index (κ2) is 9.56. The molecular formula is C23H30N4O2. The van der Waals surface area contributed by atoms with Crippen molar-refractivity contribution in [2.75, 3.05) is 20.3 Å². The Labute approximate surface area is 172 Å². The monoisotopic (exact) mass is 394 g/mol. The summed E-state index contributed by atoms with van der Waals surface area (Å²) in [6, 6.07) is 12.1. The Kier molecular flexibility index (Phi) is 6.88. The number of methoxy groups -OCH3 is 1. The summed E-state index contributed by atoms with van der Waals surface area (Å²) in [5.41, 5.74) is 4.99. The quantitative estimate of drug-likeness (QED) is 0.563. The highest BCUT2D eigenvalue weighted by Gasteiger charge is 2.16. The van der Waals surface area contributed by atoms with Crippen molar-refractivity contribution in [2.24, 2.45) is 0 Å². The van der Waals surface area contributed by atoms with Crippen molar-refractivity contribution in [3.63, 3.8) is 0 Å². The van der Waals surface area contributed by atoms with E-state index in [4.69, 9.17) is 4.74 Å². The average molecular weight is 395 g/mol. The first kappa shape index (κ1) is 20.9. The molecule has 3 aromatic rings. The smallest absolute Gasteiger partial charge is 0.253 e. The van der Waals surface area contributed by atoms with Crippen molar-refractivity contribution in [1.29, 1.82) is 0 Å². The number of hydrogen-bond donors (Lipinski definition) is 1. The minimum Gasteiger partial charge on any atom is -0.385 e. The number of aromatic nitrogens is 3. The van der Waals surface area contributed by atoms with Crippen molar-refractivity contribution in [3.8, 4) is 11.4 Å². The van der Waals surface area contributed by atoms with Gasteiger partial charge in [-0.15, -0.1) is 0 Å². The molecule has 0 bridgehead atoms. The van der Waals surface area contributed by atoms with E-state index in [-0.39, 0.29) is 5.91 Å². The molecule has 0 spiro atoms. The van der Waals surface area contributed by atoms with Crippen LogP contribution in [0.15, 0.2) is 42.6 Å². The molecule has 0 atom stereocenters. The van der Waals surface area contributed by atoms with Crippen LogP contribution in [0.3, 0.4) is 0 Å². The molecule has 6 heteroatoms. The van der Waals surface area contributed by atoms with E-state index in [1.54, 1.807) is 7.11 Å². The molecule has 1 amide bonds. The molecule has 2 heterocycles. The van der Waals surface area contributed by atoms with Gasteiger partial charge in [-0.1, -0.05) is 30.3 Å². The minimum atomic E-state index is -0.0323. The van der Waals surface area contributed by atoms with Crippen LogP contribution in [0.4, 0.5) is 0 Å². The van der Waals surface area contributed by atoms with Gasteiger partial charge >= 0.3 is 0 Å². The third-order valence-electron chi connectivity index (χ3n) is 5.26. The summed E-state index contributed by atoms with van der Waals surface area (Å²) >= 11 is 0. The van der Waals surface area contributed by atoms with Crippen molar-refractivity contribution in [1.82, 2.24) is 19.4 Å². The van der Waals surface area contributed by atoms with E-state index in [9.17, 15) is 4.79 Å². The number of hydrogen-bond acceptors (Lipinski definition) is 3. The number of carbonyl (C=O) groups excluding carboxylic acids is 1. The molecule has 29 heavy (non-hydrogen) atoms. The zero-order valence-electron chi connectivity index (χ0n) is 17.7. The molecule has 0 fully saturated rings. The van der Waals surface area contributed by atoms with Gasteiger partial charge < -0.3 is 19.2 Å². The zero-order valence-corrected chi connectivity index (χ0v) is 17.7. The third-order valence-corrected chi connectivity index (χ3v) is 5.26. The first-order valence-corrected chi connectivity index (χ1v) is 10.0. The summed E-state index contributed by atoms with van der Waals surface area (Å²) in [5.74, 6) is 0.892. The Hall–Kier alpha value is -2.86. The number of amides is 1. The molecule has 0 unspecified atom stereocenters. The number of nitrogens with one attached hydrogen (secondary N) is 1. The Morgan fingerprint density at radius 1 is 1.07 bits per heavy atom. The molecule has 0 aliphatic rings. The van der Waals surface area contributed by atoms with E-state index < -0.39 is 0 Å². The lowest BCUT2D eigenvalue weighted by Gasteiger charge is -2.12. The Morgan fingerprint density at radius 2 is 1.83 bits per heavy atom. The van der Waals surface area contributed by atoms with Crippen LogP contribution in [0.5, 0.6) is 0 Å². The van der Waals surface area contributed by atoms with Gasteiger partial charge in [0.05, 0.1) is 5.56 Å². The molecule has 0 saturated heterocycles. The fourth-order valence-electron chi connectivity index (χ4n) is 3.68. The van der Waals surface area contributed by atoms with E-state index in [1.807, 2.05) is 51.2 Å². The lowest BCUT2D eigenvalue weighted by atomic mass is 10.2. The fourth-order valence-corrected chi connectivity index (χ4v) is 3.68. The molecule has 2 aromatic heterocycles. The highest BCUT2D eigenvalue weighted by atomic mass is 16.5. The standard InChI is InChI=1S/C23H30N4O2/c1-17-15-21(19(3)26(17)12-8-14-29-4)23(28)24-11-13-27-18(2)16-25-22(27)20-9-6-5-7-10-20/h5-7,9-10,15-16H,8,11-14H2,1-4H3,(H,24,28). The maximum Gasteiger partial charge on any atom is 0.253 e. The lowest BCUT2D eigenvalue weighted by molar-refractivity contribution is 0.0951. The first-order chi connectivity index (χ1) is 14.0. The Balaban J connectivity index is 1.64. The molecular weight excluding hydrogens is 364 g/mol. The SMILES string of the molecule is COCCCn1c(C)cc(C(=O)NCCn2c(C)cnc2-c2ccccc2)c1C. The number of nitrogens with zero attached hydrogens (tertiary/aromatic N) is 3. The normalized spacial score (nSPS) is 11.0. The van der Waals surface area contributed by atoms with Crippen LogP contribution in [-0.2, 0) is 17.8 Å². The number of imidazole rings is 1. The summed E-state index contributed by atoms with van der Waals surface area (Å²) in [6.45, 7) is 8.87. The van der Waals surface area contributed by atoms with Crippen molar-refractivity contribution < 1.29 is 9.53 Å². The summed E-state index contributed by atoms with van der Waals surface area (Å²) in [6.07, 6.45) is 2.80. The van der Waals surface area contributed by atoms with Crippen LogP contribution in [0.1, 0.15) is 33.9 Å². The van der Waals surface area contributed by atoms with E-state index in [0.717, 1.165) is 47.0 Å². The predicted octanol–water partition coefficient (Wildman–Crippen LogP) is 3.74. The molecule has 0 aliphatic heterocycles. The Bertz CT molecular complexity index is 957. The van der Waals surface area contributed by atoms with Crippen LogP contribution < -0.4 is 5.32 Å². The van der Waals surface area contributed by atoms with Gasteiger partial charge in [-0.25, -0.2) is 4.98 Å². The third kappa shape index (κ3) is 4.77. The molecule has 1 aromatic carbocycles. The zero-order chi connectivity index (χ0) is 20.8. The van der Waals surface area contributed by atoms with Crippen molar-refractivity contribution >= 4 is 5.91 Å². The van der Waals surface area contributed by atoms with Crippen LogP contribution in [0.25, 0.3) is 11.4 Å². The first-order valence-electron chi connectivity index (χ1n) is 10.0. The van der Waals surface area contributed by atoms with Gasteiger partial charge in [0.15, 0.2) is 0 Å². The van der Waals surface area contributed by atoms with E-state index in [1.165, 1.54) is 0 Å². The van der Waals surface area contributed by atoms with Gasteiger partial charge in [0.2, 0.25) is 0 Å². The highest BCUT2D eigenvalue weighted by molar-refractivity contribution is 5.95. The molecule has 6 nitrogen and oxygen atoms in total. The molecule has 0 saturated carbocycles. The summed E-state index contributed by atoms with van der Waals surface area (Å²) < 4.78 is 9.46. The second-order valence-corrected chi connectivity index (χ2v) is 7.28. The molecule has 1 N–H and O–H groups in total. The molecule has 3 rings (SSSR count). The molecule has 0 aliphatic carbocycles. The summed E-state index contributed by atoms with van der Waals surface area (Å²) in [5, 5.41) is 3.07. The van der Waals surface area contributed by atoms with Crippen molar-refractivity contribution in [2.45, 2.75) is 40.3 Å². The summed E-state index contributed by atoms with van der Waals surface area (Å²) in [4.78, 5) is 17.3. The van der Waals surface area contributed by atoms with Crippen LogP contribution in [0, 0.1) is 20.8 Å². The maximum absolute atomic E-state index is 12.8. The largest absolute Gasteiger partial charge is 0.385 e. The average Bonchev–Trinajstić information content (AvgIpc) is 3.23. The highest BCUT2D eigenvalue weighted by Crippen LogP contribution is 2.19. The number of carbonyl (C=O) groups is 1. The van der Waals surface area contributed by atoms with Crippen LogP contribution >= 0.6 is 0 Å². The molecule has 0 radical (unpaired) electrons. The fraction of sp³-hybridized carbons (Fsp3) is 0.391. The van der Waals surface area contributed by atoms with Gasteiger partial charge in [-0.3, -0.25) is 4.79 Å². The summed E-state index contributed by atoms with van der Waals surface area (Å²) in [7, 11) is 1.71. The number of ether oxygens (including phenoxy) is 1. The van der Waals surface area contributed by atoms with E-state index in [2.05, 4.69) is 31.6 Å². The second-order valence-electron chi connectivity index (χ2n) is 7.28.